The van der Waals surface area contributed by atoms with Crippen LogP contribution in [-0.2, 0) is 13.2 Å². The molecular formula is C14H17N3O3. The molecule has 0 spiro atoms. The smallest absolute Gasteiger partial charge is 0.270 e. The minimum atomic E-state index is -0.231. The monoisotopic (exact) mass is 275 g/mol. The van der Waals surface area contributed by atoms with Crippen LogP contribution in [0.15, 0.2) is 41.3 Å². The number of ether oxygens (including phenoxy) is 1. The lowest BCUT2D eigenvalue weighted by Gasteiger charge is -2.07. The molecule has 0 amide bonds. The van der Waals surface area contributed by atoms with E-state index in [-0.39, 0.29) is 12.2 Å². The van der Waals surface area contributed by atoms with Crippen LogP contribution in [0.3, 0.4) is 0 Å². The summed E-state index contributed by atoms with van der Waals surface area (Å²) in [5.74, 6) is 0.423. The largest absolute Gasteiger partial charge is 0.490 e. The fourth-order valence-electron chi connectivity index (χ4n) is 1.71. The van der Waals surface area contributed by atoms with E-state index in [1.165, 1.54) is 16.9 Å². The van der Waals surface area contributed by atoms with Gasteiger partial charge in [0.25, 0.3) is 5.56 Å². The topological polar surface area (TPSA) is 90.4 Å². The summed E-state index contributed by atoms with van der Waals surface area (Å²) in [6, 6.07) is 8.75. The molecular weight excluding hydrogens is 258 g/mol. The fourth-order valence-corrected chi connectivity index (χ4v) is 1.71. The number of benzene rings is 1. The Hall–Kier alpha value is -2.18. The summed E-state index contributed by atoms with van der Waals surface area (Å²) in [6.45, 7) is 1.13. The Morgan fingerprint density at radius 3 is 2.55 bits per heavy atom. The highest BCUT2D eigenvalue weighted by molar-refractivity contribution is 5.22. The summed E-state index contributed by atoms with van der Waals surface area (Å²) < 4.78 is 6.59. The summed E-state index contributed by atoms with van der Waals surface area (Å²) in [7, 11) is 0. The summed E-state index contributed by atoms with van der Waals surface area (Å²) in [6.07, 6.45) is 1.50. The third-order valence-corrected chi connectivity index (χ3v) is 2.77. The molecule has 0 saturated carbocycles. The second kappa shape index (κ2) is 6.83. The van der Waals surface area contributed by atoms with E-state index in [0.29, 0.717) is 25.4 Å². The minimum absolute atomic E-state index is 0.00561. The van der Waals surface area contributed by atoms with Gasteiger partial charge < -0.3 is 15.6 Å². The van der Waals surface area contributed by atoms with Gasteiger partial charge in [-0.25, -0.2) is 4.68 Å². The third-order valence-electron chi connectivity index (χ3n) is 2.77. The van der Waals surface area contributed by atoms with Crippen molar-refractivity contribution in [3.8, 4) is 5.75 Å². The van der Waals surface area contributed by atoms with E-state index >= 15 is 0 Å². The summed E-state index contributed by atoms with van der Waals surface area (Å²) in [5.41, 5.74) is 6.86. The average molecular weight is 275 g/mol. The zero-order valence-corrected chi connectivity index (χ0v) is 11.0. The van der Waals surface area contributed by atoms with Crippen molar-refractivity contribution in [2.45, 2.75) is 13.2 Å². The number of nitrogens with zero attached hydrogens (tertiary/aromatic N) is 2. The number of aromatic nitrogens is 2. The molecule has 0 saturated heterocycles. The molecule has 6 heteroatoms. The first-order chi connectivity index (χ1) is 9.72. The summed E-state index contributed by atoms with van der Waals surface area (Å²) in [5, 5.41) is 13.0. The molecule has 2 rings (SSSR count). The second-order valence-corrected chi connectivity index (χ2v) is 4.30. The van der Waals surface area contributed by atoms with Crippen LogP contribution < -0.4 is 16.0 Å². The number of aliphatic hydroxyl groups is 1. The van der Waals surface area contributed by atoms with Crippen molar-refractivity contribution in [3.63, 3.8) is 0 Å². The molecule has 1 aromatic carbocycles. The van der Waals surface area contributed by atoms with E-state index < -0.39 is 0 Å². The molecule has 0 atom stereocenters. The van der Waals surface area contributed by atoms with Crippen LogP contribution in [0.4, 0.5) is 0 Å². The normalized spacial score (nSPS) is 10.5. The summed E-state index contributed by atoms with van der Waals surface area (Å²) >= 11 is 0. The molecule has 0 unspecified atom stereocenters. The number of hydrogen-bond donors (Lipinski definition) is 2. The van der Waals surface area contributed by atoms with Crippen LogP contribution in [0.2, 0.25) is 0 Å². The van der Waals surface area contributed by atoms with E-state index in [0.717, 1.165) is 11.1 Å². The van der Waals surface area contributed by atoms with E-state index in [1.54, 1.807) is 0 Å². The predicted molar refractivity (Wildman–Crippen MR) is 74.5 cm³/mol. The lowest BCUT2D eigenvalue weighted by atomic mass is 10.1. The predicted octanol–water partition coefficient (Wildman–Crippen LogP) is 0.121. The first kappa shape index (κ1) is 14.2. The van der Waals surface area contributed by atoms with E-state index in [1.807, 2.05) is 24.3 Å². The van der Waals surface area contributed by atoms with Gasteiger partial charge in [-0.1, -0.05) is 24.3 Å². The molecule has 0 fully saturated rings. The maximum Gasteiger partial charge on any atom is 0.270 e. The summed E-state index contributed by atoms with van der Waals surface area (Å²) in [4.78, 5) is 11.9. The van der Waals surface area contributed by atoms with Gasteiger partial charge >= 0.3 is 0 Å². The van der Waals surface area contributed by atoms with Crippen molar-refractivity contribution in [3.05, 3.63) is 58.0 Å². The highest BCUT2D eigenvalue weighted by atomic mass is 16.5. The zero-order valence-electron chi connectivity index (χ0n) is 11.0. The van der Waals surface area contributed by atoms with E-state index in [4.69, 9.17) is 15.6 Å². The van der Waals surface area contributed by atoms with Crippen molar-refractivity contribution in [2.75, 3.05) is 13.2 Å². The molecule has 0 aliphatic rings. The van der Waals surface area contributed by atoms with Crippen LogP contribution in [0.1, 0.15) is 11.1 Å². The number of rotatable bonds is 6. The SMILES string of the molecule is NCCOc1cnn(Cc2ccc(CO)cc2)c(=O)c1. The van der Waals surface area contributed by atoms with Gasteiger partial charge in [-0.3, -0.25) is 4.79 Å². The Morgan fingerprint density at radius 2 is 1.95 bits per heavy atom. The molecule has 106 valence electrons. The van der Waals surface area contributed by atoms with Crippen LogP contribution in [0, 0.1) is 0 Å². The molecule has 20 heavy (non-hydrogen) atoms. The van der Waals surface area contributed by atoms with Crippen LogP contribution >= 0.6 is 0 Å². The highest BCUT2D eigenvalue weighted by Gasteiger charge is 2.02. The standard InChI is InChI=1S/C14H17N3O3/c15-5-6-20-13-7-14(19)17(16-8-13)9-11-1-3-12(10-18)4-2-11/h1-4,7-8,18H,5-6,9-10,15H2. The Labute approximate surface area is 116 Å². The zero-order chi connectivity index (χ0) is 14.4. The third kappa shape index (κ3) is 3.66. The molecule has 0 aliphatic heterocycles. The number of hydrogen-bond acceptors (Lipinski definition) is 5. The van der Waals surface area contributed by atoms with Crippen molar-refractivity contribution in [1.82, 2.24) is 9.78 Å². The quantitative estimate of drug-likeness (QED) is 0.781. The van der Waals surface area contributed by atoms with Crippen molar-refractivity contribution >= 4 is 0 Å². The Bertz CT molecular complexity index is 608. The van der Waals surface area contributed by atoms with Crippen LogP contribution in [-0.4, -0.2) is 28.0 Å². The fraction of sp³-hybridized carbons (Fsp3) is 0.286. The maximum absolute atomic E-state index is 11.9. The van der Waals surface area contributed by atoms with E-state index in [9.17, 15) is 4.79 Å². The molecule has 0 bridgehead atoms. The van der Waals surface area contributed by atoms with Gasteiger partial charge in [0, 0.05) is 12.6 Å². The van der Waals surface area contributed by atoms with Crippen molar-refractivity contribution in [1.29, 1.82) is 0 Å². The number of aliphatic hydroxyl groups excluding tert-OH is 1. The molecule has 6 nitrogen and oxygen atoms in total. The van der Waals surface area contributed by atoms with Gasteiger partial charge in [0.15, 0.2) is 0 Å². The molecule has 1 aromatic heterocycles. The maximum atomic E-state index is 11.9. The molecule has 2 aromatic rings. The molecule has 3 N–H and O–H groups in total. The van der Waals surface area contributed by atoms with Crippen molar-refractivity contribution < 1.29 is 9.84 Å². The van der Waals surface area contributed by atoms with Gasteiger partial charge in [-0.05, 0) is 11.1 Å². The van der Waals surface area contributed by atoms with Gasteiger partial charge in [-0.15, -0.1) is 0 Å². The van der Waals surface area contributed by atoms with Gasteiger partial charge in [0.05, 0.1) is 19.3 Å². The Morgan fingerprint density at radius 1 is 1.25 bits per heavy atom. The lowest BCUT2D eigenvalue weighted by molar-refractivity contribution is 0.282. The molecule has 1 heterocycles. The van der Waals surface area contributed by atoms with Gasteiger partial charge in [0.2, 0.25) is 0 Å². The van der Waals surface area contributed by atoms with Crippen molar-refractivity contribution in [2.24, 2.45) is 5.73 Å². The van der Waals surface area contributed by atoms with Gasteiger partial charge in [0.1, 0.15) is 12.4 Å². The highest BCUT2D eigenvalue weighted by Crippen LogP contribution is 2.07. The van der Waals surface area contributed by atoms with E-state index in [2.05, 4.69) is 5.10 Å². The second-order valence-electron chi connectivity index (χ2n) is 4.30. The molecule has 0 radical (unpaired) electrons. The first-order valence-electron chi connectivity index (χ1n) is 6.31. The minimum Gasteiger partial charge on any atom is -0.490 e. The van der Waals surface area contributed by atoms with Crippen LogP contribution in [0.25, 0.3) is 0 Å². The number of nitrogens with two attached hydrogens (primary N) is 1. The van der Waals surface area contributed by atoms with Gasteiger partial charge in [-0.2, -0.15) is 5.10 Å². The first-order valence-corrected chi connectivity index (χ1v) is 6.31. The molecule has 0 aliphatic carbocycles. The average Bonchev–Trinajstić information content (AvgIpc) is 2.48. The van der Waals surface area contributed by atoms with Crippen LogP contribution in [0.5, 0.6) is 5.75 Å². The lowest BCUT2D eigenvalue weighted by Crippen LogP contribution is -2.23. The Balaban J connectivity index is 2.10. The Kier molecular flexibility index (Phi) is 4.86.